The molecule has 8 heteroatoms. The molecule has 0 unspecified atom stereocenters. The number of thioether (sulfide) groups is 1. The lowest BCUT2D eigenvalue weighted by molar-refractivity contribution is -0.385. The van der Waals surface area contributed by atoms with Crippen molar-refractivity contribution in [2.24, 2.45) is 0 Å². The number of benzene rings is 2. The fourth-order valence-corrected chi connectivity index (χ4v) is 3.66. The number of fused-ring (bicyclic) bond motifs is 1. The predicted molar refractivity (Wildman–Crippen MR) is 100 cm³/mol. The highest BCUT2D eigenvalue weighted by Gasteiger charge is 2.15. The van der Waals surface area contributed by atoms with Gasteiger partial charge in [0.1, 0.15) is 0 Å². The van der Waals surface area contributed by atoms with Crippen molar-refractivity contribution in [3.63, 3.8) is 0 Å². The van der Waals surface area contributed by atoms with Crippen LogP contribution in [0, 0.1) is 10.1 Å². The van der Waals surface area contributed by atoms with Crippen molar-refractivity contribution < 1.29 is 10.0 Å². The minimum atomic E-state index is -0.414. The van der Waals surface area contributed by atoms with Crippen LogP contribution in [0.3, 0.4) is 0 Å². The summed E-state index contributed by atoms with van der Waals surface area (Å²) < 4.78 is 1.53. The van der Waals surface area contributed by atoms with Gasteiger partial charge in [-0.3, -0.25) is 19.5 Å². The number of rotatable bonds is 7. The van der Waals surface area contributed by atoms with Crippen molar-refractivity contribution >= 4 is 28.4 Å². The van der Waals surface area contributed by atoms with Gasteiger partial charge in [0.05, 0.1) is 15.8 Å². The first-order chi connectivity index (χ1) is 12.6. The molecule has 2 aromatic carbocycles. The molecule has 26 heavy (non-hydrogen) atoms. The number of aliphatic hydroxyl groups excluding tert-OH is 1. The van der Waals surface area contributed by atoms with E-state index in [4.69, 9.17) is 5.11 Å². The molecule has 134 valence electrons. The van der Waals surface area contributed by atoms with Gasteiger partial charge in [-0.25, -0.2) is 4.98 Å². The van der Waals surface area contributed by atoms with E-state index < -0.39 is 4.92 Å². The van der Waals surface area contributed by atoms with Crippen molar-refractivity contribution in [3.05, 3.63) is 74.6 Å². The zero-order valence-electron chi connectivity index (χ0n) is 13.9. The van der Waals surface area contributed by atoms with Crippen LogP contribution < -0.4 is 5.56 Å². The molecule has 3 rings (SSSR count). The van der Waals surface area contributed by atoms with Crippen LogP contribution in [-0.2, 0) is 12.3 Å². The second-order valence-corrected chi connectivity index (χ2v) is 6.56. The van der Waals surface area contributed by atoms with Gasteiger partial charge >= 0.3 is 0 Å². The third-order valence-electron chi connectivity index (χ3n) is 3.91. The molecular formula is C18H17N3O4S. The Kier molecular flexibility index (Phi) is 5.65. The van der Waals surface area contributed by atoms with Gasteiger partial charge in [0.25, 0.3) is 11.2 Å². The monoisotopic (exact) mass is 371 g/mol. The first-order valence-electron chi connectivity index (χ1n) is 8.07. The summed E-state index contributed by atoms with van der Waals surface area (Å²) in [4.78, 5) is 28.1. The molecule has 1 N–H and O–H groups in total. The third kappa shape index (κ3) is 3.76. The molecule has 7 nitrogen and oxygen atoms in total. The van der Waals surface area contributed by atoms with Crippen molar-refractivity contribution in [1.29, 1.82) is 0 Å². The summed E-state index contributed by atoms with van der Waals surface area (Å²) in [6.45, 7) is 0.305. The number of hydrogen-bond donors (Lipinski definition) is 1. The highest BCUT2D eigenvalue weighted by Crippen LogP contribution is 2.27. The highest BCUT2D eigenvalue weighted by molar-refractivity contribution is 7.98. The molecule has 0 aliphatic heterocycles. The number of hydrogen-bond acceptors (Lipinski definition) is 6. The molecule has 0 spiro atoms. The van der Waals surface area contributed by atoms with Crippen LogP contribution in [0.4, 0.5) is 5.69 Å². The summed E-state index contributed by atoms with van der Waals surface area (Å²) >= 11 is 1.28. The minimum Gasteiger partial charge on any atom is -0.396 e. The molecule has 0 bridgehead atoms. The normalized spacial score (nSPS) is 11.0. The van der Waals surface area contributed by atoms with Crippen LogP contribution in [-0.4, -0.2) is 26.2 Å². The second-order valence-electron chi connectivity index (χ2n) is 5.62. The van der Waals surface area contributed by atoms with Gasteiger partial charge in [-0.15, -0.1) is 0 Å². The van der Waals surface area contributed by atoms with E-state index in [0.29, 0.717) is 40.3 Å². The van der Waals surface area contributed by atoms with E-state index in [0.717, 1.165) is 0 Å². The molecule has 0 aliphatic carbocycles. The lowest BCUT2D eigenvalue weighted by atomic mass is 10.2. The highest BCUT2D eigenvalue weighted by atomic mass is 32.2. The fraction of sp³-hybridized carbons (Fsp3) is 0.222. The summed E-state index contributed by atoms with van der Waals surface area (Å²) in [6, 6.07) is 13.6. The van der Waals surface area contributed by atoms with Crippen LogP contribution >= 0.6 is 11.8 Å². The number of nitro benzene ring substituents is 1. The molecule has 0 saturated heterocycles. The third-order valence-corrected chi connectivity index (χ3v) is 4.94. The van der Waals surface area contributed by atoms with E-state index in [1.807, 2.05) is 6.07 Å². The molecule has 0 atom stereocenters. The van der Waals surface area contributed by atoms with E-state index in [1.54, 1.807) is 36.4 Å². The van der Waals surface area contributed by atoms with E-state index in [9.17, 15) is 14.9 Å². The maximum atomic E-state index is 12.8. The molecule has 0 aliphatic rings. The van der Waals surface area contributed by atoms with Crippen LogP contribution in [0.1, 0.15) is 12.0 Å². The number of nitrogens with zero attached hydrogens (tertiary/aromatic N) is 3. The largest absolute Gasteiger partial charge is 0.396 e. The SMILES string of the molecule is O=c1c2ccccc2nc(SCc2ccccc2[N+](=O)[O-])n1CCCO. The Morgan fingerprint density at radius 3 is 2.65 bits per heavy atom. The van der Waals surface area contributed by atoms with Crippen molar-refractivity contribution in [2.75, 3.05) is 6.61 Å². The van der Waals surface area contributed by atoms with Crippen molar-refractivity contribution in [1.82, 2.24) is 9.55 Å². The Morgan fingerprint density at radius 2 is 1.88 bits per heavy atom. The molecule has 0 amide bonds. The summed E-state index contributed by atoms with van der Waals surface area (Å²) in [5.41, 5.74) is 1.03. The van der Waals surface area contributed by atoms with Crippen molar-refractivity contribution in [2.45, 2.75) is 23.9 Å². The van der Waals surface area contributed by atoms with Crippen LogP contribution in [0.15, 0.2) is 58.5 Å². The molecule has 0 fully saturated rings. The van der Waals surface area contributed by atoms with Crippen LogP contribution in [0.5, 0.6) is 0 Å². The first kappa shape index (κ1) is 18.1. The van der Waals surface area contributed by atoms with Crippen LogP contribution in [0.25, 0.3) is 10.9 Å². The zero-order chi connectivity index (χ0) is 18.5. The summed E-state index contributed by atoms with van der Waals surface area (Å²) in [5, 5.41) is 21.3. The van der Waals surface area contributed by atoms with Gasteiger partial charge in [0.2, 0.25) is 0 Å². The molecule has 1 aromatic heterocycles. The smallest absolute Gasteiger partial charge is 0.273 e. The zero-order valence-corrected chi connectivity index (χ0v) is 14.7. The molecule has 3 aromatic rings. The molecule has 1 heterocycles. The fourth-order valence-electron chi connectivity index (χ4n) is 2.64. The summed E-state index contributed by atoms with van der Waals surface area (Å²) in [6.07, 6.45) is 0.430. The van der Waals surface area contributed by atoms with E-state index >= 15 is 0 Å². The first-order valence-corrected chi connectivity index (χ1v) is 9.06. The predicted octanol–water partition coefficient (Wildman–Crippen LogP) is 2.98. The Hall–Kier alpha value is -2.71. The van der Waals surface area contributed by atoms with Gasteiger partial charge < -0.3 is 5.11 Å². The lowest BCUT2D eigenvalue weighted by Crippen LogP contribution is -2.24. The van der Waals surface area contributed by atoms with Gasteiger partial charge in [0, 0.05) is 30.5 Å². The van der Waals surface area contributed by atoms with Gasteiger partial charge in [-0.2, -0.15) is 0 Å². The molecular weight excluding hydrogens is 354 g/mol. The second kappa shape index (κ2) is 8.11. The molecule has 0 radical (unpaired) electrons. The van der Waals surface area contributed by atoms with Crippen LogP contribution in [0.2, 0.25) is 0 Å². The lowest BCUT2D eigenvalue weighted by Gasteiger charge is -2.12. The van der Waals surface area contributed by atoms with E-state index in [-0.39, 0.29) is 17.9 Å². The Balaban J connectivity index is 1.99. The van der Waals surface area contributed by atoms with Crippen molar-refractivity contribution in [3.8, 4) is 0 Å². The standard InChI is InChI=1S/C18H17N3O4S/c22-11-5-10-20-17(23)14-7-2-3-8-15(14)19-18(20)26-12-13-6-1-4-9-16(13)21(24)25/h1-4,6-9,22H,5,10-12H2. The van der Waals surface area contributed by atoms with Gasteiger partial charge in [0.15, 0.2) is 5.16 Å². The topological polar surface area (TPSA) is 98.3 Å². The van der Waals surface area contributed by atoms with E-state index in [1.165, 1.54) is 22.4 Å². The van der Waals surface area contributed by atoms with E-state index in [2.05, 4.69) is 4.98 Å². The Bertz CT molecular complexity index is 1000. The number of para-hydroxylation sites is 2. The quantitative estimate of drug-likeness (QED) is 0.297. The average molecular weight is 371 g/mol. The maximum absolute atomic E-state index is 12.8. The minimum absolute atomic E-state index is 0.0342. The number of aliphatic hydroxyl groups is 1. The summed E-state index contributed by atoms with van der Waals surface area (Å²) in [5.74, 6) is 0.320. The number of aromatic nitrogens is 2. The maximum Gasteiger partial charge on any atom is 0.273 e. The Labute approximate surface area is 153 Å². The Morgan fingerprint density at radius 1 is 1.15 bits per heavy atom. The van der Waals surface area contributed by atoms with Gasteiger partial charge in [-0.1, -0.05) is 42.1 Å². The average Bonchev–Trinajstić information content (AvgIpc) is 2.66. The van der Waals surface area contributed by atoms with Gasteiger partial charge in [-0.05, 0) is 18.6 Å². The number of nitro groups is 1. The summed E-state index contributed by atoms with van der Waals surface area (Å²) in [7, 11) is 0. The molecule has 0 saturated carbocycles.